The predicted molar refractivity (Wildman–Crippen MR) is 105 cm³/mol. The number of carbonyl (C=O) groups is 2. The Bertz CT molecular complexity index is 1120. The molecule has 2 heterocycles. The van der Waals surface area contributed by atoms with Crippen LogP contribution in [0.5, 0.6) is 0 Å². The molecule has 1 saturated carbocycles. The maximum Gasteiger partial charge on any atom is 0.260 e. The van der Waals surface area contributed by atoms with Gasteiger partial charge >= 0.3 is 0 Å². The molecular formula is C21H20N4O3. The molecule has 142 valence electrons. The van der Waals surface area contributed by atoms with Crippen molar-refractivity contribution in [2.24, 2.45) is 0 Å². The van der Waals surface area contributed by atoms with Crippen LogP contribution in [0.3, 0.4) is 0 Å². The van der Waals surface area contributed by atoms with Gasteiger partial charge in [0, 0.05) is 37.4 Å². The van der Waals surface area contributed by atoms with Crippen molar-refractivity contribution in [3.8, 4) is 0 Å². The van der Waals surface area contributed by atoms with E-state index in [9.17, 15) is 14.4 Å². The van der Waals surface area contributed by atoms with Crippen LogP contribution in [0.25, 0.3) is 10.9 Å². The first-order valence-electron chi connectivity index (χ1n) is 9.14. The molecule has 3 aromatic rings. The molecule has 0 atom stereocenters. The van der Waals surface area contributed by atoms with Gasteiger partial charge in [-0.2, -0.15) is 0 Å². The number of H-pyrrole nitrogens is 1. The molecule has 1 aliphatic carbocycles. The number of nitrogens with zero attached hydrogens (tertiary/aromatic N) is 2. The summed E-state index contributed by atoms with van der Waals surface area (Å²) in [4.78, 5) is 45.4. The monoisotopic (exact) mass is 376 g/mol. The standard InChI is InChI=1S/C21H20N4O3/c1-25(12-13-4-5-14-3-2-8-22-18(14)9-13)21(28)17-10-15(11-23-20(17)27)19(26)24-16-6-7-16/h2-5,8-11,16H,6-7,12H2,1H3,(H,23,27)(H,24,26). The van der Waals surface area contributed by atoms with E-state index >= 15 is 0 Å². The largest absolute Gasteiger partial charge is 0.349 e. The maximum atomic E-state index is 12.8. The number of rotatable bonds is 5. The van der Waals surface area contributed by atoms with E-state index in [1.807, 2.05) is 30.3 Å². The normalized spacial score (nSPS) is 13.3. The van der Waals surface area contributed by atoms with Crippen molar-refractivity contribution >= 4 is 22.7 Å². The van der Waals surface area contributed by atoms with Crippen LogP contribution in [0.15, 0.2) is 53.6 Å². The second-order valence-electron chi connectivity index (χ2n) is 7.07. The summed E-state index contributed by atoms with van der Waals surface area (Å²) in [6, 6.07) is 11.2. The van der Waals surface area contributed by atoms with Crippen molar-refractivity contribution in [3.63, 3.8) is 0 Å². The first-order chi connectivity index (χ1) is 13.5. The van der Waals surface area contributed by atoms with Crippen molar-refractivity contribution in [2.45, 2.75) is 25.4 Å². The fourth-order valence-corrected chi connectivity index (χ4v) is 3.03. The zero-order valence-electron chi connectivity index (χ0n) is 15.4. The van der Waals surface area contributed by atoms with Crippen LogP contribution in [0, 0.1) is 0 Å². The number of aromatic nitrogens is 2. The van der Waals surface area contributed by atoms with E-state index in [1.54, 1.807) is 13.2 Å². The molecule has 0 bridgehead atoms. The Labute approximate surface area is 161 Å². The lowest BCUT2D eigenvalue weighted by atomic mass is 10.1. The highest BCUT2D eigenvalue weighted by atomic mass is 16.2. The van der Waals surface area contributed by atoms with E-state index in [1.165, 1.54) is 17.2 Å². The number of hydrogen-bond acceptors (Lipinski definition) is 4. The molecule has 28 heavy (non-hydrogen) atoms. The van der Waals surface area contributed by atoms with Crippen molar-refractivity contribution < 1.29 is 9.59 Å². The second-order valence-corrected chi connectivity index (χ2v) is 7.07. The Balaban J connectivity index is 1.53. The van der Waals surface area contributed by atoms with Gasteiger partial charge in [-0.3, -0.25) is 19.4 Å². The average Bonchev–Trinajstić information content (AvgIpc) is 3.51. The van der Waals surface area contributed by atoms with Gasteiger partial charge < -0.3 is 15.2 Å². The Morgan fingerprint density at radius 3 is 2.86 bits per heavy atom. The predicted octanol–water partition coefficient (Wildman–Crippen LogP) is 2.09. The second kappa shape index (κ2) is 7.26. The van der Waals surface area contributed by atoms with Crippen LogP contribution in [-0.2, 0) is 6.54 Å². The van der Waals surface area contributed by atoms with Gasteiger partial charge in [0.25, 0.3) is 17.4 Å². The third-order valence-corrected chi connectivity index (χ3v) is 4.75. The molecule has 2 N–H and O–H groups in total. The molecule has 1 aliphatic rings. The van der Waals surface area contributed by atoms with E-state index in [4.69, 9.17) is 0 Å². The van der Waals surface area contributed by atoms with E-state index in [0.717, 1.165) is 29.3 Å². The molecule has 7 heteroatoms. The quantitative estimate of drug-likeness (QED) is 0.713. The fourth-order valence-electron chi connectivity index (χ4n) is 3.03. The zero-order chi connectivity index (χ0) is 19.7. The third kappa shape index (κ3) is 3.78. The summed E-state index contributed by atoms with van der Waals surface area (Å²) >= 11 is 0. The van der Waals surface area contributed by atoms with Gasteiger partial charge in [-0.05, 0) is 36.6 Å². The molecule has 0 radical (unpaired) electrons. The summed E-state index contributed by atoms with van der Waals surface area (Å²) in [5.74, 6) is -0.723. The maximum absolute atomic E-state index is 12.8. The van der Waals surface area contributed by atoms with Gasteiger partial charge in [0.1, 0.15) is 5.56 Å². The van der Waals surface area contributed by atoms with Gasteiger partial charge in [0.05, 0.1) is 11.1 Å². The molecule has 1 aromatic carbocycles. The molecular weight excluding hydrogens is 356 g/mol. The summed E-state index contributed by atoms with van der Waals surface area (Å²) in [6.07, 6.45) is 4.99. The highest BCUT2D eigenvalue weighted by Crippen LogP contribution is 2.19. The van der Waals surface area contributed by atoms with Crippen LogP contribution in [0.1, 0.15) is 39.1 Å². The molecule has 0 saturated heterocycles. The minimum Gasteiger partial charge on any atom is -0.349 e. The van der Waals surface area contributed by atoms with Crippen molar-refractivity contribution in [1.29, 1.82) is 0 Å². The molecule has 2 aromatic heterocycles. The summed E-state index contributed by atoms with van der Waals surface area (Å²) in [6.45, 7) is 0.323. The number of fused-ring (bicyclic) bond motifs is 1. The lowest BCUT2D eigenvalue weighted by Crippen LogP contribution is -2.33. The smallest absolute Gasteiger partial charge is 0.260 e. The number of benzene rings is 1. The van der Waals surface area contributed by atoms with E-state index in [2.05, 4.69) is 15.3 Å². The number of carbonyl (C=O) groups excluding carboxylic acids is 2. The number of amides is 2. The van der Waals surface area contributed by atoms with Gasteiger partial charge in [0.2, 0.25) is 0 Å². The molecule has 4 rings (SSSR count). The number of pyridine rings is 2. The van der Waals surface area contributed by atoms with Crippen LogP contribution in [0.4, 0.5) is 0 Å². The molecule has 2 amide bonds. The van der Waals surface area contributed by atoms with Crippen LogP contribution in [0.2, 0.25) is 0 Å². The van der Waals surface area contributed by atoms with E-state index in [0.29, 0.717) is 6.54 Å². The SMILES string of the molecule is CN(Cc1ccc2cccnc2c1)C(=O)c1cc(C(=O)NC2CC2)c[nH]c1=O. The highest BCUT2D eigenvalue weighted by Gasteiger charge is 2.25. The topological polar surface area (TPSA) is 95.2 Å². The Hall–Kier alpha value is -3.48. The molecule has 0 spiro atoms. The van der Waals surface area contributed by atoms with Gasteiger partial charge in [-0.1, -0.05) is 18.2 Å². The van der Waals surface area contributed by atoms with Gasteiger partial charge in [0.15, 0.2) is 0 Å². The number of hydrogen-bond donors (Lipinski definition) is 2. The lowest BCUT2D eigenvalue weighted by molar-refractivity contribution is 0.0783. The third-order valence-electron chi connectivity index (χ3n) is 4.75. The molecule has 0 unspecified atom stereocenters. The van der Waals surface area contributed by atoms with Crippen molar-refractivity contribution in [2.75, 3.05) is 7.05 Å². The van der Waals surface area contributed by atoms with Crippen LogP contribution >= 0.6 is 0 Å². The Kier molecular flexibility index (Phi) is 4.65. The minimum atomic E-state index is -0.514. The van der Waals surface area contributed by atoms with Crippen molar-refractivity contribution in [3.05, 3.63) is 75.8 Å². The Morgan fingerprint density at radius 2 is 2.07 bits per heavy atom. The number of aromatic amines is 1. The fraction of sp³-hybridized carbons (Fsp3) is 0.238. The zero-order valence-corrected chi connectivity index (χ0v) is 15.4. The number of nitrogens with one attached hydrogen (secondary N) is 2. The minimum absolute atomic E-state index is 0.0511. The highest BCUT2D eigenvalue weighted by molar-refractivity contribution is 5.99. The molecule has 1 fully saturated rings. The first kappa shape index (κ1) is 17.9. The summed E-state index contributed by atoms with van der Waals surface area (Å²) < 4.78 is 0. The van der Waals surface area contributed by atoms with Crippen LogP contribution < -0.4 is 10.9 Å². The summed E-state index contributed by atoms with van der Waals surface area (Å²) in [5, 5.41) is 3.87. The van der Waals surface area contributed by atoms with Crippen molar-refractivity contribution in [1.82, 2.24) is 20.2 Å². The van der Waals surface area contributed by atoms with Gasteiger partial charge in [-0.25, -0.2) is 0 Å². The molecule has 0 aliphatic heterocycles. The summed E-state index contributed by atoms with van der Waals surface area (Å²) in [5.41, 5.74) is 1.46. The lowest BCUT2D eigenvalue weighted by Gasteiger charge is -2.17. The summed E-state index contributed by atoms with van der Waals surface area (Å²) in [7, 11) is 1.63. The van der Waals surface area contributed by atoms with Gasteiger partial charge in [-0.15, -0.1) is 0 Å². The van der Waals surface area contributed by atoms with E-state index < -0.39 is 11.5 Å². The first-order valence-corrected chi connectivity index (χ1v) is 9.14. The molecule has 7 nitrogen and oxygen atoms in total. The van der Waals surface area contributed by atoms with Crippen LogP contribution in [-0.4, -0.2) is 39.8 Å². The average molecular weight is 376 g/mol. The van der Waals surface area contributed by atoms with E-state index in [-0.39, 0.29) is 23.1 Å². The Morgan fingerprint density at radius 1 is 1.25 bits per heavy atom.